The van der Waals surface area contributed by atoms with Crippen LogP contribution in [-0.2, 0) is 0 Å². The zero-order valence-corrected chi connectivity index (χ0v) is 8.57. The Labute approximate surface area is 90.1 Å². The lowest BCUT2D eigenvalue weighted by molar-refractivity contribution is 0.415. The van der Waals surface area contributed by atoms with Crippen molar-refractivity contribution in [3.05, 3.63) is 34.7 Å². The first kappa shape index (κ1) is 8.96. The van der Waals surface area contributed by atoms with Gasteiger partial charge in [0.25, 0.3) is 5.56 Å². The molecule has 3 aromatic rings. The molecule has 0 radical (unpaired) electrons. The molecule has 5 heteroatoms. The van der Waals surface area contributed by atoms with Gasteiger partial charge in [0, 0.05) is 11.5 Å². The Morgan fingerprint density at radius 1 is 1.31 bits per heavy atom. The van der Waals surface area contributed by atoms with Crippen LogP contribution in [0.4, 0.5) is 0 Å². The van der Waals surface area contributed by atoms with Crippen molar-refractivity contribution in [2.45, 2.75) is 0 Å². The fourth-order valence-electron chi connectivity index (χ4n) is 1.88. The molecule has 0 bridgehead atoms. The molecule has 2 aromatic heterocycles. The van der Waals surface area contributed by atoms with Crippen molar-refractivity contribution in [1.82, 2.24) is 15.2 Å². The van der Waals surface area contributed by atoms with Gasteiger partial charge in [-0.3, -0.25) is 4.79 Å². The highest BCUT2D eigenvalue weighted by molar-refractivity contribution is 6.06. The number of aromatic amines is 2. The van der Waals surface area contributed by atoms with Gasteiger partial charge in [-0.05, 0) is 12.1 Å². The number of nitrogens with zero attached hydrogens (tertiary/aromatic N) is 1. The maximum atomic E-state index is 11.6. The highest BCUT2D eigenvalue weighted by Crippen LogP contribution is 2.25. The van der Waals surface area contributed by atoms with Crippen molar-refractivity contribution < 1.29 is 4.74 Å². The molecule has 1 aromatic carbocycles. The summed E-state index contributed by atoms with van der Waals surface area (Å²) >= 11 is 0. The molecule has 0 saturated heterocycles. The number of methoxy groups -OCH3 is 1. The standard InChI is InChI=1S/C11H9N3O2/c1-16-6-2-3-7-8(4-6)13-9-5-12-14-11(15)10(7)9/h2-5,13H,1H3,(H,14,15). The van der Waals surface area contributed by atoms with E-state index in [1.165, 1.54) is 0 Å². The summed E-state index contributed by atoms with van der Waals surface area (Å²) in [5.41, 5.74) is 1.41. The molecule has 0 atom stereocenters. The summed E-state index contributed by atoms with van der Waals surface area (Å²) in [7, 11) is 1.61. The highest BCUT2D eigenvalue weighted by atomic mass is 16.5. The van der Waals surface area contributed by atoms with Crippen LogP contribution in [0.1, 0.15) is 0 Å². The molecule has 3 rings (SSSR count). The molecule has 2 N–H and O–H groups in total. The van der Waals surface area contributed by atoms with Crippen LogP contribution in [0, 0.1) is 0 Å². The summed E-state index contributed by atoms with van der Waals surface area (Å²) in [6.07, 6.45) is 1.60. The maximum absolute atomic E-state index is 11.6. The van der Waals surface area contributed by atoms with Crippen LogP contribution < -0.4 is 10.3 Å². The third kappa shape index (κ3) is 1.11. The van der Waals surface area contributed by atoms with Crippen LogP contribution in [0.25, 0.3) is 21.8 Å². The molecule has 16 heavy (non-hydrogen) atoms. The first-order chi connectivity index (χ1) is 7.79. The largest absolute Gasteiger partial charge is 0.497 e. The molecule has 0 amide bonds. The Hall–Kier alpha value is -2.30. The second-order valence-electron chi connectivity index (χ2n) is 3.52. The molecular weight excluding hydrogens is 206 g/mol. The first-order valence-electron chi connectivity index (χ1n) is 4.83. The molecule has 2 heterocycles. The van der Waals surface area contributed by atoms with E-state index in [0.29, 0.717) is 5.39 Å². The van der Waals surface area contributed by atoms with E-state index >= 15 is 0 Å². The van der Waals surface area contributed by atoms with Crippen LogP contribution in [0.5, 0.6) is 5.75 Å². The van der Waals surface area contributed by atoms with E-state index in [0.717, 1.165) is 22.2 Å². The van der Waals surface area contributed by atoms with Crippen molar-refractivity contribution >= 4 is 21.8 Å². The maximum Gasteiger partial charge on any atom is 0.274 e. The Balaban J connectivity index is 2.52. The van der Waals surface area contributed by atoms with Crippen LogP contribution >= 0.6 is 0 Å². The lowest BCUT2D eigenvalue weighted by Crippen LogP contribution is -2.06. The number of benzene rings is 1. The van der Waals surface area contributed by atoms with E-state index in [1.54, 1.807) is 13.3 Å². The third-order valence-corrected chi connectivity index (χ3v) is 2.62. The molecule has 0 spiro atoms. The van der Waals surface area contributed by atoms with Crippen molar-refractivity contribution in [1.29, 1.82) is 0 Å². The molecular formula is C11H9N3O2. The summed E-state index contributed by atoms with van der Waals surface area (Å²) < 4.78 is 5.13. The van der Waals surface area contributed by atoms with E-state index in [2.05, 4.69) is 15.2 Å². The van der Waals surface area contributed by atoms with Crippen molar-refractivity contribution in [2.75, 3.05) is 7.11 Å². The topological polar surface area (TPSA) is 70.8 Å². The lowest BCUT2D eigenvalue weighted by Gasteiger charge is -1.97. The Morgan fingerprint density at radius 3 is 3.00 bits per heavy atom. The van der Waals surface area contributed by atoms with Gasteiger partial charge in [0.05, 0.1) is 29.7 Å². The van der Waals surface area contributed by atoms with Crippen LogP contribution in [0.15, 0.2) is 29.2 Å². The third-order valence-electron chi connectivity index (χ3n) is 2.62. The number of rotatable bonds is 1. The Kier molecular flexibility index (Phi) is 1.73. The number of H-pyrrole nitrogens is 2. The first-order valence-corrected chi connectivity index (χ1v) is 4.83. The van der Waals surface area contributed by atoms with Gasteiger partial charge in [-0.15, -0.1) is 0 Å². The second kappa shape index (κ2) is 3.10. The number of fused-ring (bicyclic) bond motifs is 3. The zero-order valence-electron chi connectivity index (χ0n) is 8.57. The highest BCUT2D eigenvalue weighted by Gasteiger charge is 2.08. The van der Waals surface area contributed by atoms with E-state index in [4.69, 9.17) is 4.74 Å². The smallest absolute Gasteiger partial charge is 0.274 e. The Bertz CT molecular complexity index is 727. The van der Waals surface area contributed by atoms with Crippen LogP contribution in [0.3, 0.4) is 0 Å². The number of ether oxygens (including phenoxy) is 1. The summed E-state index contributed by atoms with van der Waals surface area (Å²) in [6.45, 7) is 0. The predicted molar refractivity (Wildman–Crippen MR) is 60.8 cm³/mol. The minimum Gasteiger partial charge on any atom is -0.497 e. The normalized spacial score (nSPS) is 11.1. The van der Waals surface area contributed by atoms with Gasteiger partial charge in [-0.1, -0.05) is 0 Å². The number of hydrogen-bond acceptors (Lipinski definition) is 3. The number of hydrogen-bond donors (Lipinski definition) is 2. The fourth-order valence-corrected chi connectivity index (χ4v) is 1.88. The van der Waals surface area contributed by atoms with Gasteiger partial charge in [0.2, 0.25) is 0 Å². The zero-order chi connectivity index (χ0) is 11.1. The molecule has 0 aliphatic rings. The quantitative estimate of drug-likeness (QED) is 0.644. The average molecular weight is 215 g/mol. The second-order valence-corrected chi connectivity index (χ2v) is 3.52. The molecule has 0 aliphatic carbocycles. The van der Waals surface area contributed by atoms with Crippen LogP contribution in [0.2, 0.25) is 0 Å². The molecule has 0 fully saturated rings. The molecule has 0 saturated carbocycles. The number of nitrogens with one attached hydrogen (secondary N) is 2. The van der Waals surface area contributed by atoms with Gasteiger partial charge in [-0.25, -0.2) is 5.10 Å². The van der Waals surface area contributed by atoms with Crippen LogP contribution in [-0.4, -0.2) is 22.3 Å². The van der Waals surface area contributed by atoms with Crippen molar-refractivity contribution in [3.63, 3.8) is 0 Å². The summed E-state index contributed by atoms with van der Waals surface area (Å²) in [5.74, 6) is 0.753. The van der Waals surface area contributed by atoms with Gasteiger partial charge in [0.15, 0.2) is 0 Å². The van der Waals surface area contributed by atoms with Gasteiger partial charge >= 0.3 is 0 Å². The molecule has 80 valence electrons. The lowest BCUT2D eigenvalue weighted by atomic mass is 10.2. The van der Waals surface area contributed by atoms with Crippen molar-refractivity contribution in [2.24, 2.45) is 0 Å². The van der Waals surface area contributed by atoms with Gasteiger partial charge in [0.1, 0.15) is 5.75 Å². The van der Waals surface area contributed by atoms with Crippen molar-refractivity contribution in [3.8, 4) is 5.75 Å². The molecule has 0 unspecified atom stereocenters. The summed E-state index contributed by atoms with van der Waals surface area (Å²) in [5, 5.41) is 7.68. The SMILES string of the molecule is COc1ccc2c(c1)[nH]c1cn[nH]c(=O)c12. The minimum atomic E-state index is -0.186. The predicted octanol–water partition coefficient (Wildman–Crippen LogP) is 1.41. The van der Waals surface area contributed by atoms with Gasteiger partial charge < -0.3 is 9.72 Å². The average Bonchev–Trinajstić information content (AvgIpc) is 2.67. The number of aromatic nitrogens is 3. The molecule has 0 aliphatic heterocycles. The summed E-state index contributed by atoms with van der Waals surface area (Å²) in [4.78, 5) is 14.8. The fraction of sp³-hybridized carbons (Fsp3) is 0.0909. The van der Waals surface area contributed by atoms with E-state index in [9.17, 15) is 4.79 Å². The van der Waals surface area contributed by atoms with Gasteiger partial charge in [-0.2, -0.15) is 5.10 Å². The monoisotopic (exact) mass is 215 g/mol. The van der Waals surface area contributed by atoms with E-state index in [-0.39, 0.29) is 5.56 Å². The van der Waals surface area contributed by atoms with E-state index < -0.39 is 0 Å². The van der Waals surface area contributed by atoms with E-state index in [1.807, 2.05) is 18.2 Å². The summed E-state index contributed by atoms with van der Waals surface area (Å²) in [6, 6.07) is 5.55. The minimum absolute atomic E-state index is 0.186. The Morgan fingerprint density at radius 2 is 2.19 bits per heavy atom. The molecule has 5 nitrogen and oxygen atoms in total.